The van der Waals surface area contributed by atoms with Gasteiger partial charge in [0.15, 0.2) is 5.84 Å². The Kier molecular flexibility index (Phi) is 5.01. The molecule has 6 nitrogen and oxygen atoms in total. The predicted octanol–water partition coefficient (Wildman–Crippen LogP) is 3.66. The topological polar surface area (TPSA) is 75.5 Å². The Morgan fingerprint density at radius 3 is 2.69 bits per heavy atom. The molecule has 0 saturated heterocycles. The molecule has 0 aliphatic carbocycles. The molecule has 0 unspecified atom stereocenters. The SMILES string of the molecule is C=C1C=CN(S(=O)(=O)c2ccccc2)/C1=N/C=C(\C)c1cc(Cl)ncn1. The van der Waals surface area contributed by atoms with Crippen molar-refractivity contribution in [3.63, 3.8) is 0 Å². The maximum absolute atomic E-state index is 12.8. The molecule has 1 aromatic heterocycles. The van der Waals surface area contributed by atoms with E-state index < -0.39 is 10.0 Å². The molecule has 3 rings (SSSR count). The molecule has 2 aromatic rings. The number of nitrogens with zero attached hydrogens (tertiary/aromatic N) is 4. The van der Waals surface area contributed by atoms with Crippen molar-refractivity contribution in [2.75, 3.05) is 0 Å². The van der Waals surface area contributed by atoms with Gasteiger partial charge in [-0.3, -0.25) is 0 Å². The zero-order valence-corrected chi connectivity index (χ0v) is 15.4. The van der Waals surface area contributed by atoms with Crippen LogP contribution in [0.15, 0.2) is 83.2 Å². The van der Waals surface area contributed by atoms with Gasteiger partial charge in [0.25, 0.3) is 10.0 Å². The van der Waals surface area contributed by atoms with Crippen LogP contribution in [0.3, 0.4) is 0 Å². The molecule has 0 amide bonds. The molecule has 0 atom stereocenters. The highest BCUT2D eigenvalue weighted by atomic mass is 35.5. The monoisotopic (exact) mass is 386 g/mol. The average Bonchev–Trinajstić information content (AvgIpc) is 3.02. The molecule has 8 heteroatoms. The molecule has 1 aliphatic heterocycles. The van der Waals surface area contributed by atoms with Gasteiger partial charge in [-0.2, -0.15) is 0 Å². The molecule has 0 radical (unpaired) electrons. The van der Waals surface area contributed by atoms with Gasteiger partial charge < -0.3 is 0 Å². The molecule has 0 fully saturated rings. The first-order valence-electron chi connectivity index (χ1n) is 7.59. The molecule has 1 aromatic carbocycles. The quantitative estimate of drug-likeness (QED) is 0.751. The fourth-order valence-corrected chi connectivity index (χ4v) is 3.75. The number of rotatable bonds is 4. The standard InChI is InChI=1S/C18H15ClN4O2S/c1-13-8-9-23(26(24,25)15-6-4-3-5-7-15)18(13)20-11-14(2)16-10-17(19)22-12-21-16/h3-12H,1H2,2H3/b14-11+,20-18+. The van der Waals surface area contributed by atoms with Crippen LogP contribution in [0.4, 0.5) is 0 Å². The molecule has 0 bridgehead atoms. The van der Waals surface area contributed by atoms with Crippen LogP contribution >= 0.6 is 11.6 Å². The van der Waals surface area contributed by atoms with Gasteiger partial charge in [0.05, 0.1) is 10.6 Å². The second kappa shape index (κ2) is 7.23. The van der Waals surface area contributed by atoms with E-state index in [1.807, 2.05) is 0 Å². The Hall–Kier alpha value is -2.77. The predicted molar refractivity (Wildman–Crippen MR) is 102 cm³/mol. The van der Waals surface area contributed by atoms with Crippen molar-refractivity contribution >= 4 is 33.0 Å². The Balaban J connectivity index is 1.96. The zero-order chi connectivity index (χ0) is 18.7. The van der Waals surface area contributed by atoms with E-state index in [1.165, 1.54) is 30.9 Å². The summed E-state index contributed by atoms with van der Waals surface area (Å²) >= 11 is 5.86. The van der Waals surface area contributed by atoms with Crippen LogP contribution in [0.5, 0.6) is 0 Å². The van der Waals surface area contributed by atoms with Crippen molar-refractivity contribution in [2.45, 2.75) is 11.8 Å². The maximum atomic E-state index is 12.8. The highest BCUT2D eigenvalue weighted by Crippen LogP contribution is 2.24. The molecule has 2 heterocycles. The highest BCUT2D eigenvalue weighted by molar-refractivity contribution is 7.89. The molecular formula is C18H15ClN4O2S. The zero-order valence-electron chi connectivity index (χ0n) is 13.9. The lowest BCUT2D eigenvalue weighted by Gasteiger charge is -2.17. The van der Waals surface area contributed by atoms with Crippen molar-refractivity contribution in [1.29, 1.82) is 0 Å². The van der Waals surface area contributed by atoms with Crippen LogP contribution in [-0.4, -0.2) is 28.5 Å². The van der Waals surface area contributed by atoms with Crippen LogP contribution < -0.4 is 0 Å². The van der Waals surface area contributed by atoms with Gasteiger partial charge in [-0.05, 0) is 30.7 Å². The number of benzene rings is 1. The van der Waals surface area contributed by atoms with Gasteiger partial charge >= 0.3 is 0 Å². The molecular weight excluding hydrogens is 372 g/mol. The number of hydrogen-bond donors (Lipinski definition) is 0. The Bertz CT molecular complexity index is 1040. The lowest BCUT2D eigenvalue weighted by Crippen LogP contribution is -2.29. The number of aromatic nitrogens is 2. The number of aliphatic imine (C=N–C) groups is 1. The normalized spacial score (nSPS) is 16.5. The van der Waals surface area contributed by atoms with E-state index >= 15 is 0 Å². The smallest absolute Gasteiger partial charge is 0.237 e. The molecule has 0 saturated carbocycles. The number of halogens is 1. The van der Waals surface area contributed by atoms with E-state index in [0.717, 1.165) is 4.31 Å². The lowest BCUT2D eigenvalue weighted by atomic mass is 10.2. The summed E-state index contributed by atoms with van der Waals surface area (Å²) in [5, 5.41) is 0.315. The largest absolute Gasteiger partial charge is 0.269 e. The van der Waals surface area contributed by atoms with E-state index in [9.17, 15) is 8.42 Å². The molecule has 0 spiro atoms. The molecule has 132 valence electrons. The summed E-state index contributed by atoms with van der Waals surface area (Å²) in [4.78, 5) is 12.4. The summed E-state index contributed by atoms with van der Waals surface area (Å²) in [6.45, 7) is 5.65. The van der Waals surface area contributed by atoms with Crippen molar-refractivity contribution in [3.05, 3.63) is 84.2 Å². The Morgan fingerprint density at radius 1 is 1.27 bits per heavy atom. The first kappa shape index (κ1) is 18.0. The van der Waals surface area contributed by atoms with Gasteiger partial charge in [0.1, 0.15) is 11.5 Å². The van der Waals surface area contributed by atoms with E-state index in [1.54, 1.807) is 37.3 Å². The number of sulfonamides is 1. The Labute approximate surface area is 156 Å². The summed E-state index contributed by atoms with van der Waals surface area (Å²) in [7, 11) is -3.76. The lowest BCUT2D eigenvalue weighted by molar-refractivity contribution is 0.564. The number of hydrogen-bond acceptors (Lipinski definition) is 5. The van der Waals surface area contributed by atoms with Gasteiger partial charge in [-0.1, -0.05) is 36.4 Å². The first-order chi connectivity index (χ1) is 12.4. The third-order valence-corrected chi connectivity index (χ3v) is 5.51. The highest BCUT2D eigenvalue weighted by Gasteiger charge is 2.29. The summed E-state index contributed by atoms with van der Waals surface area (Å²) in [5.74, 6) is 0.230. The fourth-order valence-electron chi connectivity index (χ4n) is 2.26. The van der Waals surface area contributed by atoms with E-state index in [0.29, 0.717) is 22.0 Å². The Morgan fingerprint density at radius 2 is 2.00 bits per heavy atom. The first-order valence-corrected chi connectivity index (χ1v) is 9.41. The summed E-state index contributed by atoms with van der Waals surface area (Å²) in [6, 6.07) is 9.76. The van der Waals surface area contributed by atoms with E-state index in [4.69, 9.17) is 11.6 Å². The number of allylic oxidation sites excluding steroid dienone is 1. The van der Waals surface area contributed by atoms with Crippen molar-refractivity contribution in [1.82, 2.24) is 14.3 Å². The minimum absolute atomic E-state index is 0.176. The van der Waals surface area contributed by atoms with Gasteiger partial charge in [-0.25, -0.2) is 27.7 Å². The minimum Gasteiger partial charge on any atom is -0.237 e. The van der Waals surface area contributed by atoms with Crippen LogP contribution in [0, 0.1) is 0 Å². The number of amidine groups is 1. The van der Waals surface area contributed by atoms with Crippen molar-refractivity contribution < 1.29 is 8.42 Å². The molecule has 1 aliphatic rings. The minimum atomic E-state index is -3.76. The van der Waals surface area contributed by atoms with Crippen molar-refractivity contribution in [2.24, 2.45) is 4.99 Å². The summed E-state index contributed by atoms with van der Waals surface area (Å²) in [6.07, 6.45) is 5.92. The summed E-state index contributed by atoms with van der Waals surface area (Å²) in [5.41, 5.74) is 1.80. The molecule has 0 N–H and O–H groups in total. The van der Waals surface area contributed by atoms with E-state index in [2.05, 4.69) is 21.5 Å². The fraction of sp³-hybridized carbons (Fsp3) is 0.0556. The second-order valence-corrected chi connectivity index (χ2v) is 7.65. The second-order valence-electron chi connectivity index (χ2n) is 5.45. The molecule has 26 heavy (non-hydrogen) atoms. The van der Waals surface area contributed by atoms with Crippen LogP contribution in [0.1, 0.15) is 12.6 Å². The van der Waals surface area contributed by atoms with Crippen molar-refractivity contribution in [3.8, 4) is 0 Å². The summed E-state index contributed by atoms with van der Waals surface area (Å²) < 4.78 is 26.8. The van der Waals surface area contributed by atoms with Gasteiger partial charge in [-0.15, -0.1) is 0 Å². The van der Waals surface area contributed by atoms with E-state index in [-0.39, 0.29) is 10.7 Å². The maximum Gasteiger partial charge on any atom is 0.269 e. The third-order valence-electron chi connectivity index (χ3n) is 3.63. The van der Waals surface area contributed by atoms with Crippen LogP contribution in [0.2, 0.25) is 5.15 Å². The third kappa shape index (κ3) is 3.58. The van der Waals surface area contributed by atoms with Crippen LogP contribution in [-0.2, 0) is 10.0 Å². The van der Waals surface area contributed by atoms with Gasteiger partial charge in [0, 0.05) is 24.0 Å². The average molecular weight is 387 g/mol. The van der Waals surface area contributed by atoms with Crippen LogP contribution in [0.25, 0.3) is 5.57 Å². The van der Waals surface area contributed by atoms with Gasteiger partial charge in [0.2, 0.25) is 0 Å².